The average molecular weight is 476 g/mol. The summed E-state index contributed by atoms with van der Waals surface area (Å²) in [6.45, 7) is 1.25. The molecule has 1 aliphatic heterocycles. The summed E-state index contributed by atoms with van der Waals surface area (Å²) in [7, 11) is -0.783. The fourth-order valence-electron chi connectivity index (χ4n) is 3.62. The van der Waals surface area contributed by atoms with Crippen LogP contribution in [0.1, 0.15) is 24.0 Å². The quantitative estimate of drug-likeness (QED) is 0.563. The van der Waals surface area contributed by atoms with E-state index in [1.165, 1.54) is 20.3 Å². The predicted molar refractivity (Wildman–Crippen MR) is 125 cm³/mol. The highest BCUT2D eigenvalue weighted by atomic mass is 32.2. The van der Waals surface area contributed by atoms with Crippen LogP contribution >= 0.6 is 0 Å². The van der Waals surface area contributed by atoms with E-state index in [-0.39, 0.29) is 19.0 Å². The molecule has 0 aromatic heterocycles. The number of anilines is 1. The lowest BCUT2D eigenvalue weighted by Crippen LogP contribution is -2.40. The number of methoxy groups -OCH3 is 2. The fourth-order valence-corrected chi connectivity index (χ4v) is 4.47. The summed E-state index contributed by atoms with van der Waals surface area (Å²) in [4.78, 5) is 26.1. The number of carbonyl (C=O) groups excluding carboxylic acids is 2. The van der Waals surface area contributed by atoms with Gasteiger partial charge in [0.25, 0.3) is 0 Å². The summed E-state index contributed by atoms with van der Waals surface area (Å²) >= 11 is 0. The van der Waals surface area contributed by atoms with Crippen LogP contribution in [0, 0.1) is 0 Å². The second kappa shape index (κ2) is 10.6. The summed E-state index contributed by atoms with van der Waals surface area (Å²) in [5, 5.41) is 2.76. The molecular weight excluding hydrogens is 446 g/mol. The molecular formula is C23H29N3O6S. The number of hydrogen-bond acceptors (Lipinski definition) is 6. The Morgan fingerprint density at radius 3 is 2.30 bits per heavy atom. The molecule has 3 rings (SSSR count). The van der Waals surface area contributed by atoms with E-state index < -0.39 is 15.9 Å². The number of ether oxygens (including phenoxy) is 2. The van der Waals surface area contributed by atoms with Crippen LogP contribution in [0.2, 0.25) is 0 Å². The maximum atomic E-state index is 12.5. The normalized spacial score (nSPS) is 13.7. The van der Waals surface area contributed by atoms with Crippen molar-refractivity contribution in [2.75, 3.05) is 37.9 Å². The van der Waals surface area contributed by atoms with Gasteiger partial charge in [0.2, 0.25) is 21.8 Å². The van der Waals surface area contributed by atoms with Crippen molar-refractivity contribution in [3.05, 3.63) is 53.6 Å². The molecule has 0 aliphatic carbocycles. The number of carbonyl (C=O) groups is 2. The van der Waals surface area contributed by atoms with Crippen LogP contribution in [-0.4, -0.2) is 58.7 Å². The Kier molecular flexibility index (Phi) is 7.80. The maximum Gasteiger partial charge on any atom is 0.241 e. The van der Waals surface area contributed by atoms with E-state index in [1.54, 1.807) is 12.1 Å². The minimum atomic E-state index is -3.72. The maximum absolute atomic E-state index is 12.5. The molecule has 1 fully saturated rings. The van der Waals surface area contributed by atoms with E-state index in [1.807, 2.05) is 29.2 Å². The van der Waals surface area contributed by atoms with Gasteiger partial charge in [0.1, 0.15) is 6.54 Å². The molecule has 0 spiro atoms. The lowest BCUT2D eigenvalue weighted by molar-refractivity contribution is -0.128. The second-order valence-electron chi connectivity index (χ2n) is 7.82. The molecule has 0 radical (unpaired) electrons. The largest absolute Gasteiger partial charge is 0.493 e. The fraction of sp³-hybridized carbons (Fsp3) is 0.391. The first kappa shape index (κ1) is 24.4. The predicted octanol–water partition coefficient (Wildman–Crippen LogP) is 1.91. The van der Waals surface area contributed by atoms with E-state index in [2.05, 4.69) is 5.32 Å². The molecule has 1 saturated heterocycles. The van der Waals surface area contributed by atoms with Gasteiger partial charge in [-0.3, -0.25) is 13.9 Å². The third kappa shape index (κ3) is 6.38. The van der Waals surface area contributed by atoms with Crippen molar-refractivity contribution >= 4 is 27.5 Å². The first-order chi connectivity index (χ1) is 15.7. The molecule has 0 unspecified atom stereocenters. The van der Waals surface area contributed by atoms with Crippen molar-refractivity contribution in [2.24, 2.45) is 0 Å². The van der Waals surface area contributed by atoms with Gasteiger partial charge in [0.15, 0.2) is 11.5 Å². The van der Waals surface area contributed by atoms with Crippen molar-refractivity contribution in [3.63, 3.8) is 0 Å². The highest BCUT2D eigenvalue weighted by Gasteiger charge is 2.22. The van der Waals surface area contributed by atoms with Gasteiger partial charge in [-0.1, -0.05) is 24.3 Å². The van der Waals surface area contributed by atoms with Crippen LogP contribution < -0.4 is 19.1 Å². The van der Waals surface area contributed by atoms with Crippen molar-refractivity contribution in [3.8, 4) is 11.5 Å². The Bertz CT molecular complexity index is 1100. The van der Waals surface area contributed by atoms with Gasteiger partial charge in [-0.2, -0.15) is 0 Å². The van der Waals surface area contributed by atoms with E-state index in [0.717, 1.165) is 34.7 Å². The molecule has 2 aromatic rings. The van der Waals surface area contributed by atoms with Crippen LogP contribution in [0.15, 0.2) is 42.5 Å². The Balaban J connectivity index is 1.61. The number of sulfonamides is 1. The summed E-state index contributed by atoms with van der Waals surface area (Å²) in [5.41, 5.74) is 2.19. The lowest BCUT2D eigenvalue weighted by Gasteiger charge is -2.23. The number of hydrogen-bond donors (Lipinski definition) is 1. The van der Waals surface area contributed by atoms with Gasteiger partial charge in [-0.05, 0) is 29.7 Å². The summed E-state index contributed by atoms with van der Waals surface area (Å²) in [5.74, 6) is 0.551. The molecule has 10 heteroatoms. The highest BCUT2D eigenvalue weighted by Crippen LogP contribution is 2.32. The molecule has 178 valence electrons. The summed E-state index contributed by atoms with van der Waals surface area (Å²) in [6.07, 6.45) is 2.55. The number of rotatable bonds is 10. The SMILES string of the molecule is COc1ccc(N(CC(=O)NCc2ccc(CN3CCCC3=O)cc2)S(C)(=O)=O)cc1OC. The Morgan fingerprint density at radius 2 is 1.73 bits per heavy atom. The monoisotopic (exact) mass is 475 g/mol. The first-order valence-electron chi connectivity index (χ1n) is 10.5. The van der Waals surface area contributed by atoms with Crippen molar-refractivity contribution < 1.29 is 27.5 Å². The molecule has 0 atom stereocenters. The zero-order valence-electron chi connectivity index (χ0n) is 19.0. The molecule has 9 nitrogen and oxygen atoms in total. The van der Waals surface area contributed by atoms with Gasteiger partial charge in [-0.15, -0.1) is 0 Å². The van der Waals surface area contributed by atoms with Crippen LogP contribution in [0.3, 0.4) is 0 Å². The number of amides is 2. The molecule has 33 heavy (non-hydrogen) atoms. The molecule has 2 amide bonds. The van der Waals surface area contributed by atoms with Crippen molar-refractivity contribution in [2.45, 2.75) is 25.9 Å². The van der Waals surface area contributed by atoms with Crippen molar-refractivity contribution in [1.29, 1.82) is 0 Å². The van der Waals surface area contributed by atoms with Crippen LogP contribution in [0.4, 0.5) is 5.69 Å². The van der Waals surface area contributed by atoms with E-state index in [0.29, 0.717) is 30.2 Å². The van der Waals surface area contributed by atoms with Gasteiger partial charge in [0, 0.05) is 32.1 Å². The zero-order chi connectivity index (χ0) is 24.0. The number of benzene rings is 2. The van der Waals surface area contributed by atoms with Gasteiger partial charge in [-0.25, -0.2) is 8.42 Å². The third-order valence-corrected chi connectivity index (χ3v) is 6.54. The van der Waals surface area contributed by atoms with Crippen LogP contribution in [-0.2, 0) is 32.7 Å². The smallest absolute Gasteiger partial charge is 0.241 e. The number of nitrogens with zero attached hydrogens (tertiary/aromatic N) is 2. The molecule has 1 N–H and O–H groups in total. The minimum Gasteiger partial charge on any atom is -0.493 e. The molecule has 1 aliphatic rings. The Morgan fingerprint density at radius 1 is 1.06 bits per heavy atom. The van der Waals surface area contributed by atoms with Gasteiger partial charge < -0.3 is 19.7 Å². The third-order valence-electron chi connectivity index (χ3n) is 5.40. The molecule has 0 saturated carbocycles. The van der Waals surface area contributed by atoms with Gasteiger partial charge >= 0.3 is 0 Å². The molecule has 1 heterocycles. The second-order valence-corrected chi connectivity index (χ2v) is 9.73. The summed E-state index contributed by atoms with van der Waals surface area (Å²) in [6, 6.07) is 12.3. The van der Waals surface area contributed by atoms with Crippen LogP contribution in [0.5, 0.6) is 11.5 Å². The topological polar surface area (TPSA) is 105 Å². The average Bonchev–Trinajstić information content (AvgIpc) is 3.20. The van der Waals surface area contributed by atoms with Gasteiger partial charge in [0.05, 0.1) is 26.2 Å². The lowest BCUT2D eigenvalue weighted by atomic mass is 10.1. The van der Waals surface area contributed by atoms with Crippen LogP contribution in [0.25, 0.3) is 0 Å². The van der Waals surface area contributed by atoms with E-state index in [9.17, 15) is 18.0 Å². The number of likely N-dealkylation sites (tertiary alicyclic amines) is 1. The number of nitrogens with one attached hydrogen (secondary N) is 1. The summed E-state index contributed by atoms with van der Waals surface area (Å²) < 4.78 is 36.1. The minimum absolute atomic E-state index is 0.177. The first-order valence-corrected chi connectivity index (χ1v) is 12.4. The Labute approximate surface area is 194 Å². The van der Waals surface area contributed by atoms with Crippen molar-refractivity contribution in [1.82, 2.24) is 10.2 Å². The Hall–Kier alpha value is -3.27. The zero-order valence-corrected chi connectivity index (χ0v) is 19.9. The molecule has 2 aromatic carbocycles. The van der Waals surface area contributed by atoms with E-state index >= 15 is 0 Å². The molecule has 0 bridgehead atoms. The van der Waals surface area contributed by atoms with E-state index in [4.69, 9.17) is 9.47 Å². The standard InChI is InChI=1S/C23H29N3O6S/c1-31-20-11-10-19(13-21(20)32-2)26(33(3,29)30)16-22(27)24-14-17-6-8-18(9-7-17)15-25-12-4-5-23(25)28/h6-11,13H,4-5,12,14-16H2,1-3H3,(H,24,27). The highest BCUT2D eigenvalue weighted by molar-refractivity contribution is 7.92.